The molecule has 116 valence electrons. The molecule has 0 heterocycles. The van der Waals surface area contributed by atoms with E-state index in [1.807, 2.05) is 58.0 Å². The van der Waals surface area contributed by atoms with E-state index in [2.05, 4.69) is 5.32 Å². The van der Waals surface area contributed by atoms with Gasteiger partial charge in [-0.3, -0.25) is 4.79 Å². The van der Waals surface area contributed by atoms with Crippen LogP contribution in [0.5, 0.6) is 0 Å². The minimum absolute atomic E-state index is 0.127. The van der Waals surface area contributed by atoms with Gasteiger partial charge in [0, 0.05) is 5.54 Å². The zero-order valence-corrected chi connectivity index (χ0v) is 13.1. The molecule has 1 rings (SSSR count). The van der Waals surface area contributed by atoms with Crippen molar-refractivity contribution in [2.75, 3.05) is 6.54 Å². The zero-order chi connectivity index (χ0) is 16.0. The van der Waals surface area contributed by atoms with Gasteiger partial charge < -0.3 is 15.3 Å². The number of carbonyl (C=O) groups excluding carboxylic acids is 1. The molecule has 0 aliphatic heterocycles. The quantitative estimate of drug-likeness (QED) is 0.876. The highest BCUT2D eigenvalue weighted by Gasteiger charge is 2.29. The highest BCUT2D eigenvalue weighted by molar-refractivity contribution is 5.81. The molecule has 0 saturated heterocycles. The van der Waals surface area contributed by atoms with E-state index < -0.39 is 11.5 Å². The van der Waals surface area contributed by atoms with Crippen molar-refractivity contribution < 1.29 is 14.7 Å². The van der Waals surface area contributed by atoms with Gasteiger partial charge in [-0.2, -0.15) is 0 Å². The number of rotatable bonds is 5. The highest BCUT2D eigenvalue weighted by Crippen LogP contribution is 2.19. The summed E-state index contributed by atoms with van der Waals surface area (Å²) in [5.74, 6) is -1.02. The van der Waals surface area contributed by atoms with Crippen molar-refractivity contribution in [2.24, 2.45) is 0 Å². The molecule has 0 spiro atoms. The normalized spacial score (nSPS) is 12.6. The largest absolute Gasteiger partial charge is 0.480 e. The average molecular weight is 292 g/mol. The Morgan fingerprint density at radius 1 is 1.24 bits per heavy atom. The summed E-state index contributed by atoms with van der Waals surface area (Å²) in [6.07, 6.45) is 0.737. The molecular formula is C16H24N2O3. The standard InChI is InChI=1S/C16H24N2O3/c1-5-13(12-9-7-6-8-10-12)17-15(21)18(11-14(19)20)16(2,3)4/h6-10,13H,5,11H2,1-4H3,(H,17,21)(H,19,20). The van der Waals surface area contributed by atoms with Crippen LogP contribution in [0.25, 0.3) is 0 Å². The van der Waals surface area contributed by atoms with E-state index >= 15 is 0 Å². The van der Waals surface area contributed by atoms with Crippen LogP contribution in [0.4, 0.5) is 4.79 Å². The highest BCUT2D eigenvalue weighted by atomic mass is 16.4. The van der Waals surface area contributed by atoms with Crippen molar-refractivity contribution in [3.63, 3.8) is 0 Å². The Balaban J connectivity index is 2.87. The summed E-state index contributed by atoms with van der Waals surface area (Å²) in [7, 11) is 0. The molecule has 1 atom stereocenters. The van der Waals surface area contributed by atoms with Crippen molar-refractivity contribution >= 4 is 12.0 Å². The number of benzene rings is 1. The number of hydrogen-bond donors (Lipinski definition) is 2. The molecule has 0 saturated carbocycles. The monoisotopic (exact) mass is 292 g/mol. The molecule has 2 N–H and O–H groups in total. The molecule has 2 amide bonds. The first-order chi connectivity index (χ1) is 9.75. The number of carboxylic acids is 1. The third-order valence-electron chi connectivity index (χ3n) is 3.26. The Labute approximate surface area is 126 Å². The number of nitrogens with zero attached hydrogens (tertiary/aromatic N) is 1. The summed E-state index contributed by atoms with van der Waals surface area (Å²) in [5, 5.41) is 11.9. The second-order valence-electron chi connectivity index (χ2n) is 5.97. The minimum Gasteiger partial charge on any atom is -0.480 e. The Kier molecular flexibility index (Phi) is 5.76. The van der Waals surface area contributed by atoms with E-state index in [-0.39, 0.29) is 18.6 Å². The van der Waals surface area contributed by atoms with Gasteiger partial charge in [-0.05, 0) is 32.8 Å². The van der Waals surface area contributed by atoms with Gasteiger partial charge in [0.15, 0.2) is 0 Å². The van der Waals surface area contributed by atoms with Crippen molar-refractivity contribution in [3.8, 4) is 0 Å². The molecule has 5 nitrogen and oxygen atoms in total. The van der Waals surface area contributed by atoms with E-state index in [0.717, 1.165) is 12.0 Å². The molecule has 0 aliphatic carbocycles. The molecule has 21 heavy (non-hydrogen) atoms. The van der Waals surface area contributed by atoms with Crippen LogP contribution in [0, 0.1) is 0 Å². The summed E-state index contributed by atoms with van der Waals surface area (Å²) in [5.41, 5.74) is 0.454. The van der Waals surface area contributed by atoms with Crippen LogP contribution in [-0.2, 0) is 4.79 Å². The lowest BCUT2D eigenvalue weighted by molar-refractivity contribution is -0.138. The van der Waals surface area contributed by atoms with E-state index in [0.29, 0.717) is 0 Å². The fourth-order valence-corrected chi connectivity index (χ4v) is 2.08. The molecule has 0 aromatic heterocycles. The molecular weight excluding hydrogens is 268 g/mol. The summed E-state index contributed by atoms with van der Waals surface area (Å²) in [4.78, 5) is 24.7. The van der Waals surface area contributed by atoms with Crippen LogP contribution < -0.4 is 5.32 Å². The lowest BCUT2D eigenvalue weighted by Gasteiger charge is -2.35. The fourth-order valence-electron chi connectivity index (χ4n) is 2.08. The smallest absolute Gasteiger partial charge is 0.323 e. The maximum atomic E-state index is 12.4. The van der Waals surface area contributed by atoms with Gasteiger partial charge in [0.2, 0.25) is 0 Å². The van der Waals surface area contributed by atoms with Crippen molar-refractivity contribution in [3.05, 3.63) is 35.9 Å². The van der Waals surface area contributed by atoms with Gasteiger partial charge >= 0.3 is 12.0 Å². The summed E-state index contributed by atoms with van der Waals surface area (Å²) < 4.78 is 0. The maximum Gasteiger partial charge on any atom is 0.323 e. The molecule has 0 aliphatic rings. The molecule has 0 fully saturated rings. The van der Waals surface area contributed by atoms with Crippen LogP contribution in [0.3, 0.4) is 0 Å². The van der Waals surface area contributed by atoms with E-state index in [1.165, 1.54) is 4.90 Å². The number of aliphatic carboxylic acids is 1. The fraction of sp³-hybridized carbons (Fsp3) is 0.500. The lowest BCUT2D eigenvalue weighted by Crippen LogP contribution is -2.53. The molecule has 0 radical (unpaired) electrons. The van der Waals surface area contributed by atoms with E-state index in [9.17, 15) is 9.59 Å². The number of nitrogens with one attached hydrogen (secondary N) is 1. The average Bonchev–Trinajstić information content (AvgIpc) is 2.41. The summed E-state index contributed by atoms with van der Waals surface area (Å²) in [6, 6.07) is 9.17. The lowest BCUT2D eigenvalue weighted by atomic mass is 10.0. The molecule has 1 aromatic rings. The first kappa shape index (κ1) is 17.0. The summed E-state index contributed by atoms with van der Waals surface area (Å²) >= 11 is 0. The van der Waals surface area contributed by atoms with Crippen molar-refractivity contribution in [1.29, 1.82) is 0 Å². The second kappa shape index (κ2) is 7.11. The van der Waals surface area contributed by atoms with E-state index in [4.69, 9.17) is 5.11 Å². The third-order valence-corrected chi connectivity index (χ3v) is 3.26. The SMILES string of the molecule is CCC(NC(=O)N(CC(=O)O)C(C)(C)C)c1ccccc1. The topological polar surface area (TPSA) is 69.6 Å². The van der Waals surface area contributed by atoms with Crippen LogP contribution in [0.2, 0.25) is 0 Å². The van der Waals surface area contributed by atoms with Gasteiger partial charge in [0.05, 0.1) is 6.04 Å². The van der Waals surface area contributed by atoms with Crippen molar-refractivity contribution in [1.82, 2.24) is 10.2 Å². The second-order valence-corrected chi connectivity index (χ2v) is 5.97. The van der Waals surface area contributed by atoms with E-state index in [1.54, 1.807) is 0 Å². The molecule has 1 aromatic carbocycles. The van der Waals surface area contributed by atoms with Crippen molar-refractivity contribution in [2.45, 2.75) is 45.7 Å². The zero-order valence-electron chi connectivity index (χ0n) is 13.1. The summed E-state index contributed by atoms with van der Waals surface area (Å²) in [6.45, 7) is 7.12. The Morgan fingerprint density at radius 3 is 2.24 bits per heavy atom. The first-order valence-electron chi connectivity index (χ1n) is 7.10. The predicted molar refractivity (Wildman–Crippen MR) is 82.1 cm³/mol. The Bertz CT molecular complexity index is 480. The van der Waals surface area contributed by atoms with Crippen LogP contribution in [0.1, 0.15) is 45.7 Å². The maximum absolute atomic E-state index is 12.4. The third kappa shape index (κ3) is 5.10. The minimum atomic E-state index is -1.02. The van der Waals surface area contributed by atoms with Gasteiger partial charge in [0.1, 0.15) is 6.54 Å². The number of carboxylic acid groups (broad SMARTS) is 1. The molecule has 5 heteroatoms. The van der Waals surface area contributed by atoms with Gasteiger partial charge in [0.25, 0.3) is 0 Å². The van der Waals surface area contributed by atoms with Crippen LogP contribution in [0.15, 0.2) is 30.3 Å². The number of carbonyl (C=O) groups is 2. The number of hydrogen-bond acceptors (Lipinski definition) is 2. The molecule has 1 unspecified atom stereocenters. The van der Waals surface area contributed by atoms with Gasteiger partial charge in [-0.1, -0.05) is 37.3 Å². The number of amides is 2. The Hall–Kier alpha value is -2.04. The predicted octanol–water partition coefficient (Wildman–Crippen LogP) is 3.03. The Morgan fingerprint density at radius 2 is 1.81 bits per heavy atom. The number of urea groups is 1. The van der Waals surface area contributed by atoms with Crippen LogP contribution in [-0.4, -0.2) is 34.1 Å². The van der Waals surface area contributed by atoms with Gasteiger partial charge in [-0.25, -0.2) is 4.79 Å². The van der Waals surface area contributed by atoms with Crippen LogP contribution >= 0.6 is 0 Å². The molecule has 0 bridgehead atoms. The van der Waals surface area contributed by atoms with Gasteiger partial charge in [-0.15, -0.1) is 0 Å². The first-order valence-corrected chi connectivity index (χ1v) is 7.10.